The molecule has 1 amide bonds. The zero-order valence-electron chi connectivity index (χ0n) is 11.8. The van der Waals surface area contributed by atoms with Crippen molar-refractivity contribution < 1.29 is 14.3 Å². The van der Waals surface area contributed by atoms with Crippen LogP contribution in [0.3, 0.4) is 0 Å². The summed E-state index contributed by atoms with van der Waals surface area (Å²) in [7, 11) is 0. The molecule has 0 radical (unpaired) electrons. The zero-order valence-corrected chi connectivity index (χ0v) is 13.4. The average molecular weight is 345 g/mol. The van der Waals surface area contributed by atoms with Gasteiger partial charge in [0.15, 0.2) is 16.6 Å². The second kappa shape index (κ2) is 5.98. The first-order valence-corrected chi connectivity index (χ1v) is 8.67. The maximum absolute atomic E-state index is 12.0. The van der Waals surface area contributed by atoms with Gasteiger partial charge in [-0.05, 0) is 18.2 Å². The molecule has 3 aromatic rings. The molecule has 1 aliphatic heterocycles. The normalized spacial score (nSPS) is 12.9. The number of amides is 1. The van der Waals surface area contributed by atoms with Gasteiger partial charge < -0.3 is 9.47 Å². The molecule has 0 bridgehead atoms. The van der Waals surface area contributed by atoms with Gasteiger partial charge >= 0.3 is 0 Å². The average Bonchev–Trinajstić information content (AvgIpc) is 3.26. The molecule has 0 unspecified atom stereocenters. The van der Waals surface area contributed by atoms with E-state index in [0.717, 1.165) is 22.8 Å². The molecule has 2 aromatic heterocycles. The molecule has 1 N–H and O–H groups in total. The molecular formula is C15H11N3O3S2. The molecule has 0 aliphatic carbocycles. The summed E-state index contributed by atoms with van der Waals surface area (Å²) in [6.07, 6.45) is 0. The van der Waals surface area contributed by atoms with E-state index in [0.29, 0.717) is 24.0 Å². The predicted molar refractivity (Wildman–Crippen MR) is 88.6 cm³/mol. The van der Waals surface area contributed by atoms with Gasteiger partial charge in [-0.1, -0.05) is 0 Å². The minimum atomic E-state index is -0.255. The maximum atomic E-state index is 12.0. The van der Waals surface area contributed by atoms with Crippen molar-refractivity contribution in [1.29, 1.82) is 0 Å². The van der Waals surface area contributed by atoms with Crippen LogP contribution in [0.25, 0.3) is 11.3 Å². The van der Waals surface area contributed by atoms with Crippen molar-refractivity contribution in [3.63, 3.8) is 0 Å². The summed E-state index contributed by atoms with van der Waals surface area (Å²) in [5.74, 6) is 1.21. The van der Waals surface area contributed by atoms with E-state index in [4.69, 9.17) is 9.47 Å². The minimum Gasteiger partial charge on any atom is -0.486 e. The number of carbonyl (C=O) groups excluding carboxylic acids is 1. The summed E-state index contributed by atoms with van der Waals surface area (Å²) in [5, 5.41) is 6.88. The quantitative estimate of drug-likeness (QED) is 0.788. The number of nitrogens with one attached hydrogen (secondary N) is 1. The number of nitrogens with zero attached hydrogens (tertiary/aromatic N) is 2. The summed E-state index contributed by atoms with van der Waals surface area (Å²) < 4.78 is 11.1. The molecular weight excluding hydrogens is 334 g/mol. The summed E-state index contributed by atoms with van der Waals surface area (Å²) in [5.41, 5.74) is 3.71. The summed E-state index contributed by atoms with van der Waals surface area (Å²) >= 11 is 2.75. The van der Waals surface area contributed by atoms with Crippen molar-refractivity contribution >= 4 is 33.7 Å². The van der Waals surface area contributed by atoms with E-state index in [1.54, 1.807) is 10.9 Å². The maximum Gasteiger partial charge on any atom is 0.276 e. The fourth-order valence-electron chi connectivity index (χ4n) is 2.15. The summed E-state index contributed by atoms with van der Waals surface area (Å²) in [6, 6.07) is 5.70. The number of benzene rings is 1. The van der Waals surface area contributed by atoms with Gasteiger partial charge in [0.1, 0.15) is 18.9 Å². The number of hydrogen-bond acceptors (Lipinski definition) is 7. The molecule has 1 aliphatic rings. The fourth-order valence-corrected chi connectivity index (χ4v) is 3.40. The van der Waals surface area contributed by atoms with E-state index in [-0.39, 0.29) is 5.91 Å². The Morgan fingerprint density at radius 1 is 1.17 bits per heavy atom. The van der Waals surface area contributed by atoms with Crippen LogP contribution in [-0.2, 0) is 0 Å². The van der Waals surface area contributed by atoms with E-state index in [1.807, 2.05) is 23.6 Å². The van der Waals surface area contributed by atoms with Crippen molar-refractivity contribution in [3.8, 4) is 22.8 Å². The number of anilines is 1. The van der Waals surface area contributed by atoms with Crippen LogP contribution in [-0.4, -0.2) is 29.1 Å². The van der Waals surface area contributed by atoms with Crippen molar-refractivity contribution in [2.75, 3.05) is 18.5 Å². The van der Waals surface area contributed by atoms with Crippen LogP contribution >= 0.6 is 22.7 Å². The Morgan fingerprint density at radius 3 is 2.87 bits per heavy atom. The topological polar surface area (TPSA) is 73.3 Å². The largest absolute Gasteiger partial charge is 0.486 e. The summed E-state index contributed by atoms with van der Waals surface area (Å²) in [4.78, 5) is 20.4. The molecule has 0 atom stereocenters. The van der Waals surface area contributed by atoms with Gasteiger partial charge in [0.25, 0.3) is 5.91 Å². The van der Waals surface area contributed by atoms with Gasteiger partial charge in [0.2, 0.25) is 0 Å². The van der Waals surface area contributed by atoms with Crippen LogP contribution in [0.4, 0.5) is 5.13 Å². The third-order valence-corrected chi connectivity index (χ3v) is 4.57. The fraction of sp³-hybridized carbons (Fsp3) is 0.133. The van der Waals surface area contributed by atoms with Gasteiger partial charge in [-0.3, -0.25) is 10.1 Å². The first-order chi connectivity index (χ1) is 11.3. The number of ether oxygens (including phenoxy) is 2. The second-order valence-electron chi connectivity index (χ2n) is 4.72. The van der Waals surface area contributed by atoms with Gasteiger partial charge in [0, 0.05) is 16.3 Å². The molecule has 4 rings (SSSR count). The van der Waals surface area contributed by atoms with Gasteiger partial charge in [-0.15, -0.1) is 22.7 Å². The van der Waals surface area contributed by atoms with Crippen LogP contribution in [0, 0.1) is 0 Å². The molecule has 1 aromatic carbocycles. The molecule has 8 heteroatoms. The van der Waals surface area contributed by atoms with E-state index in [9.17, 15) is 4.79 Å². The Labute approximate surface area is 139 Å². The van der Waals surface area contributed by atoms with E-state index < -0.39 is 0 Å². The smallest absolute Gasteiger partial charge is 0.276 e. The highest BCUT2D eigenvalue weighted by Crippen LogP contribution is 2.35. The molecule has 0 spiro atoms. The van der Waals surface area contributed by atoms with E-state index in [1.165, 1.54) is 22.7 Å². The van der Waals surface area contributed by atoms with Crippen LogP contribution in [0.2, 0.25) is 0 Å². The number of rotatable bonds is 3. The Kier molecular flexibility index (Phi) is 3.68. The molecule has 0 fully saturated rings. The molecule has 6 nitrogen and oxygen atoms in total. The van der Waals surface area contributed by atoms with Crippen molar-refractivity contribution in [3.05, 3.63) is 40.2 Å². The monoisotopic (exact) mass is 345 g/mol. The third-order valence-electron chi connectivity index (χ3n) is 3.23. The third kappa shape index (κ3) is 2.90. The zero-order chi connectivity index (χ0) is 15.6. The van der Waals surface area contributed by atoms with Gasteiger partial charge in [0.05, 0.1) is 11.2 Å². The first-order valence-electron chi connectivity index (χ1n) is 6.85. The first kappa shape index (κ1) is 14.2. The van der Waals surface area contributed by atoms with E-state index in [2.05, 4.69) is 15.3 Å². The number of aromatic nitrogens is 2. The van der Waals surface area contributed by atoms with Crippen LogP contribution < -0.4 is 14.8 Å². The summed E-state index contributed by atoms with van der Waals surface area (Å²) in [6.45, 7) is 1.11. The molecule has 0 saturated carbocycles. The Hall–Kier alpha value is -2.45. The lowest BCUT2D eigenvalue weighted by molar-refractivity contribution is 0.102. The second-order valence-corrected chi connectivity index (χ2v) is 6.30. The molecule has 116 valence electrons. The number of thiazole rings is 2. The van der Waals surface area contributed by atoms with Gasteiger partial charge in [-0.2, -0.15) is 0 Å². The Bertz CT molecular complexity index is 846. The number of carbonyl (C=O) groups is 1. The van der Waals surface area contributed by atoms with Crippen molar-refractivity contribution in [2.24, 2.45) is 0 Å². The van der Waals surface area contributed by atoms with E-state index >= 15 is 0 Å². The standard InChI is InChI=1S/C15H11N3O3S2/c19-14(11-6-22-8-16-11)18-15-17-10(7-23-15)9-1-2-12-13(5-9)21-4-3-20-12/h1-2,5-8H,3-4H2,(H,17,18,19). The Balaban J connectivity index is 1.55. The van der Waals surface area contributed by atoms with Gasteiger partial charge in [-0.25, -0.2) is 9.97 Å². The molecule has 0 saturated heterocycles. The lowest BCUT2D eigenvalue weighted by Crippen LogP contribution is -2.15. The lowest BCUT2D eigenvalue weighted by Gasteiger charge is -2.18. The Morgan fingerprint density at radius 2 is 2.04 bits per heavy atom. The van der Waals surface area contributed by atoms with Crippen LogP contribution in [0.15, 0.2) is 34.5 Å². The highest BCUT2D eigenvalue weighted by molar-refractivity contribution is 7.14. The number of fused-ring (bicyclic) bond motifs is 1. The molecule has 3 heterocycles. The highest BCUT2D eigenvalue weighted by Gasteiger charge is 2.15. The molecule has 23 heavy (non-hydrogen) atoms. The minimum absolute atomic E-state index is 0.255. The van der Waals surface area contributed by atoms with Crippen LogP contribution in [0.1, 0.15) is 10.5 Å². The van der Waals surface area contributed by atoms with Crippen molar-refractivity contribution in [2.45, 2.75) is 0 Å². The van der Waals surface area contributed by atoms with Crippen LogP contribution in [0.5, 0.6) is 11.5 Å². The number of hydrogen-bond donors (Lipinski definition) is 1. The van der Waals surface area contributed by atoms with Crippen molar-refractivity contribution in [1.82, 2.24) is 9.97 Å². The lowest BCUT2D eigenvalue weighted by atomic mass is 10.1. The predicted octanol–water partition coefficient (Wildman–Crippen LogP) is 3.29. The SMILES string of the molecule is O=C(Nc1nc(-c2ccc3c(c2)OCCO3)cs1)c1cscn1. The highest BCUT2D eigenvalue weighted by atomic mass is 32.1.